The van der Waals surface area contributed by atoms with Crippen LogP contribution >= 0.6 is 0 Å². The Kier molecular flexibility index (Phi) is 7.33. The summed E-state index contributed by atoms with van der Waals surface area (Å²) >= 11 is 0. The summed E-state index contributed by atoms with van der Waals surface area (Å²) in [6.07, 6.45) is 3.11. The monoisotopic (exact) mass is 524 g/mol. The van der Waals surface area contributed by atoms with Crippen molar-refractivity contribution in [3.8, 4) is 0 Å². The lowest BCUT2D eigenvalue weighted by atomic mass is 9.76. The number of hydrogen-bond donors (Lipinski definition) is 2. The molecule has 0 saturated carbocycles. The largest absolute Gasteiger partial charge is 0.367 e. The predicted molar refractivity (Wildman–Crippen MR) is 161 cm³/mol. The van der Waals surface area contributed by atoms with Gasteiger partial charge < -0.3 is 5.32 Å². The summed E-state index contributed by atoms with van der Waals surface area (Å²) in [5, 5.41) is 25.1. The molecule has 2 N–H and O–H groups in total. The average molecular weight is 525 g/mol. The summed E-state index contributed by atoms with van der Waals surface area (Å²) in [5.74, 6) is 0. The average Bonchev–Trinajstić information content (AvgIpc) is 3.00. The van der Waals surface area contributed by atoms with E-state index in [1.54, 1.807) is 18.3 Å². The standard InChI is InChI=1S/C34H28N4O2/c1-3-25-22-30(33(35)26-19-20-36-24(2)21-26)31(23-32(25)38(39)40)37-34(27-13-7-4-8-14-27,28-15-9-5-10-16-28)29-17-11-6-12-18-29/h3-23,35,37H,1H2,2H3. The van der Waals surface area contributed by atoms with Gasteiger partial charge in [0.05, 0.1) is 21.9 Å². The van der Waals surface area contributed by atoms with Crippen LogP contribution in [0.3, 0.4) is 0 Å². The minimum atomic E-state index is -0.934. The van der Waals surface area contributed by atoms with Crippen molar-refractivity contribution in [1.82, 2.24) is 4.98 Å². The number of aromatic nitrogens is 1. The van der Waals surface area contributed by atoms with Gasteiger partial charge in [-0.3, -0.25) is 20.5 Å². The molecule has 0 amide bonds. The third kappa shape index (κ3) is 4.90. The number of rotatable bonds is 9. The van der Waals surface area contributed by atoms with Crippen molar-refractivity contribution in [3.63, 3.8) is 0 Å². The fourth-order valence-corrected chi connectivity index (χ4v) is 5.08. The molecule has 0 radical (unpaired) electrons. The van der Waals surface area contributed by atoms with Gasteiger partial charge in [-0.05, 0) is 41.8 Å². The first-order chi connectivity index (χ1) is 19.4. The molecule has 0 fully saturated rings. The van der Waals surface area contributed by atoms with E-state index in [4.69, 9.17) is 0 Å². The maximum absolute atomic E-state index is 12.2. The molecule has 0 atom stereocenters. The van der Waals surface area contributed by atoms with Crippen molar-refractivity contribution in [2.24, 2.45) is 0 Å². The molecule has 196 valence electrons. The Morgan fingerprint density at radius 3 is 1.85 bits per heavy atom. The number of nitro benzene ring substituents is 1. The van der Waals surface area contributed by atoms with E-state index in [0.717, 1.165) is 22.4 Å². The number of pyridine rings is 1. The molecule has 4 aromatic carbocycles. The van der Waals surface area contributed by atoms with Crippen LogP contribution in [0, 0.1) is 22.4 Å². The van der Waals surface area contributed by atoms with Crippen LogP contribution in [-0.4, -0.2) is 15.6 Å². The van der Waals surface area contributed by atoms with Crippen molar-refractivity contribution in [2.75, 3.05) is 5.32 Å². The lowest BCUT2D eigenvalue weighted by Gasteiger charge is -2.38. The summed E-state index contributed by atoms with van der Waals surface area (Å²) in [6, 6.07) is 36.7. The molecule has 6 heteroatoms. The first kappa shape index (κ1) is 26.3. The molecule has 1 aromatic heterocycles. The van der Waals surface area contributed by atoms with Crippen molar-refractivity contribution in [1.29, 1.82) is 5.41 Å². The van der Waals surface area contributed by atoms with E-state index in [2.05, 4.69) is 16.9 Å². The highest BCUT2D eigenvalue weighted by atomic mass is 16.6. The molecule has 0 aliphatic heterocycles. The second-order valence-electron chi connectivity index (χ2n) is 9.45. The number of hydrogen-bond acceptors (Lipinski definition) is 5. The minimum Gasteiger partial charge on any atom is -0.367 e. The number of aryl methyl sites for hydroxylation is 1. The Morgan fingerprint density at radius 1 is 0.875 bits per heavy atom. The zero-order valence-electron chi connectivity index (χ0n) is 22.0. The summed E-state index contributed by atoms with van der Waals surface area (Å²) in [7, 11) is 0. The third-order valence-corrected chi connectivity index (χ3v) is 6.98. The van der Waals surface area contributed by atoms with Gasteiger partial charge in [-0.25, -0.2) is 0 Å². The van der Waals surface area contributed by atoms with Gasteiger partial charge in [0, 0.05) is 29.1 Å². The van der Waals surface area contributed by atoms with E-state index in [0.29, 0.717) is 22.4 Å². The Hall–Kier alpha value is -5.36. The van der Waals surface area contributed by atoms with Crippen molar-refractivity contribution in [3.05, 3.63) is 177 Å². The van der Waals surface area contributed by atoms with Gasteiger partial charge >= 0.3 is 0 Å². The van der Waals surface area contributed by atoms with Crippen LogP contribution in [0.25, 0.3) is 6.08 Å². The molecule has 6 nitrogen and oxygen atoms in total. The van der Waals surface area contributed by atoms with Gasteiger partial charge in [-0.15, -0.1) is 0 Å². The fraction of sp³-hybridized carbons (Fsp3) is 0.0588. The molecule has 0 aliphatic carbocycles. The summed E-state index contributed by atoms with van der Waals surface area (Å²) < 4.78 is 0. The van der Waals surface area contributed by atoms with Crippen LogP contribution in [0.1, 0.15) is 39.1 Å². The van der Waals surface area contributed by atoms with E-state index in [1.165, 1.54) is 12.1 Å². The fourth-order valence-electron chi connectivity index (χ4n) is 5.08. The third-order valence-electron chi connectivity index (χ3n) is 6.98. The maximum atomic E-state index is 12.2. The number of anilines is 1. The smallest absolute Gasteiger partial charge is 0.278 e. The maximum Gasteiger partial charge on any atom is 0.278 e. The number of nitrogens with zero attached hydrogens (tertiary/aromatic N) is 2. The van der Waals surface area contributed by atoms with Crippen molar-refractivity contribution >= 4 is 23.2 Å². The predicted octanol–water partition coefficient (Wildman–Crippen LogP) is 7.76. The van der Waals surface area contributed by atoms with E-state index in [-0.39, 0.29) is 11.4 Å². The normalized spacial score (nSPS) is 11.0. The second-order valence-corrected chi connectivity index (χ2v) is 9.45. The van der Waals surface area contributed by atoms with E-state index in [1.807, 2.05) is 104 Å². The van der Waals surface area contributed by atoms with Gasteiger partial charge in [0.2, 0.25) is 0 Å². The molecule has 1 heterocycles. The van der Waals surface area contributed by atoms with Crippen molar-refractivity contribution < 1.29 is 4.92 Å². The molecule has 0 saturated heterocycles. The SMILES string of the molecule is C=Cc1cc(C(=N)c2ccnc(C)c2)c(NC(c2ccccc2)(c2ccccc2)c2ccccc2)cc1[N+](=O)[O-]. The molecule has 0 aliphatic rings. The second kappa shape index (κ2) is 11.2. The highest BCUT2D eigenvalue weighted by Gasteiger charge is 2.37. The Balaban J connectivity index is 1.83. The Bertz CT molecular complexity index is 1590. The highest BCUT2D eigenvalue weighted by molar-refractivity contribution is 6.14. The zero-order valence-corrected chi connectivity index (χ0v) is 22.0. The van der Waals surface area contributed by atoms with Crippen LogP contribution in [0.15, 0.2) is 128 Å². The molecule has 40 heavy (non-hydrogen) atoms. The molecule has 5 aromatic rings. The van der Waals surface area contributed by atoms with E-state index in [9.17, 15) is 15.5 Å². The number of nitrogens with one attached hydrogen (secondary N) is 2. The summed E-state index contributed by atoms with van der Waals surface area (Å²) in [4.78, 5) is 16.0. The van der Waals surface area contributed by atoms with Crippen LogP contribution in [0.2, 0.25) is 0 Å². The minimum absolute atomic E-state index is 0.0944. The quantitative estimate of drug-likeness (QED) is 0.0892. The zero-order chi connectivity index (χ0) is 28.1. The van der Waals surface area contributed by atoms with Gasteiger partial charge in [0.1, 0.15) is 5.54 Å². The van der Waals surface area contributed by atoms with Crippen LogP contribution in [0.4, 0.5) is 11.4 Å². The summed E-state index contributed by atoms with van der Waals surface area (Å²) in [5.41, 5.74) is 4.75. The first-order valence-electron chi connectivity index (χ1n) is 12.9. The number of nitro groups is 1. The highest BCUT2D eigenvalue weighted by Crippen LogP contribution is 2.42. The van der Waals surface area contributed by atoms with Gasteiger partial charge in [-0.1, -0.05) is 104 Å². The lowest BCUT2D eigenvalue weighted by Crippen LogP contribution is -2.38. The molecular weight excluding hydrogens is 496 g/mol. The lowest BCUT2D eigenvalue weighted by molar-refractivity contribution is -0.385. The van der Waals surface area contributed by atoms with Gasteiger partial charge in [0.25, 0.3) is 5.69 Å². The Labute approximate surface area is 233 Å². The molecular formula is C34H28N4O2. The van der Waals surface area contributed by atoms with Gasteiger partial charge in [0.15, 0.2) is 0 Å². The molecule has 0 bridgehead atoms. The van der Waals surface area contributed by atoms with Crippen LogP contribution in [-0.2, 0) is 5.54 Å². The van der Waals surface area contributed by atoms with Crippen molar-refractivity contribution in [2.45, 2.75) is 12.5 Å². The van der Waals surface area contributed by atoms with E-state index < -0.39 is 10.5 Å². The van der Waals surface area contributed by atoms with Crippen LogP contribution < -0.4 is 5.32 Å². The molecule has 0 spiro atoms. The Morgan fingerprint density at radius 2 is 1.40 bits per heavy atom. The topological polar surface area (TPSA) is 91.9 Å². The number of benzene rings is 4. The molecule has 0 unspecified atom stereocenters. The summed E-state index contributed by atoms with van der Waals surface area (Å²) in [6.45, 7) is 5.67. The van der Waals surface area contributed by atoms with E-state index >= 15 is 0 Å². The first-order valence-corrected chi connectivity index (χ1v) is 12.9. The molecule has 5 rings (SSSR count). The van der Waals surface area contributed by atoms with Crippen LogP contribution in [0.5, 0.6) is 0 Å². The van der Waals surface area contributed by atoms with Gasteiger partial charge in [-0.2, -0.15) is 0 Å².